The fraction of sp³-hybridized carbons (Fsp3) is 0.533. The lowest BCUT2D eigenvalue weighted by atomic mass is 10.1. The van der Waals surface area contributed by atoms with Gasteiger partial charge in [0.25, 0.3) is 11.8 Å². The number of carboxylic acid groups (broad SMARTS) is 1. The number of likely N-dealkylation sites (tertiary alicyclic amines) is 1. The van der Waals surface area contributed by atoms with E-state index in [1.54, 1.807) is 68.0 Å². The third kappa shape index (κ3) is 8.33. The van der Waals surface area contributed by atoms with Gasteiger partial charge in [0.15, 0.2) is 12.3 Å². The number of esters is 1. The number of carboxylic acids is 1. The zero-order valence-electron chi connectivity index (χ0n) is 24.9. The van der Waals surface area contributed by atoms with Gasteiger partial charge < -0.3 is 29.7 Å². The van der Waals surface area contributed by atoms with Crippen molar-refractivity contribution in [1.82, 2.24) is 24.9 Å². The number of nitrogens with one attached hydrogen (secondary N) is 1. The van der Waals surface area contributed by atoms with Crippen molar-refractivity contribution in [2.75, 3.05) is 20.2 Å². The fourth-order valence-corrected chi connectivity index (χ4v) is 4.89. The second-order valence-electron chi connectivity index (χ2n) is 11.8. The van der Waals surface area contributed by atoms with E-state index in [1.807, 2.05) is 0 Å². The number of ether oxygens (including phenoxy) is 2. The van der Waals surface area contributed by atoms with Crippen molar-refractivity contribution in [2.24, 2.45) is 0 Å². The first-order valence-corrected chi connectivity index (χ1v) is 14.4. The minimum Gasteiger partial charge on any atom is -0.480 e. The van der Waals surface area contributed by atoms with Crippen molar-refractivity contribution in [3.63, 3.8) is 0 Å². The smallest absolute Gasteiger partial charge is 0.326 e. The second-order valence-corrected chi connectivity index (χ2v) is 11.8. The lowest BCUT2D eigenvalue weighted by Crippen LogP contribution is -2.48. The number of rotatable bonds is 12. The van der Waals surface area contributed by atoms with Gasteiger partial charge in [0, 0.05) is 32.1 Å². The van der Waals surface area contributed by atoms with E-state index >= 15 is 0 Å². The number of hydrogen-bond donors (Lipinski definition) is 2. The Labute approximate surface area is 250 Å². The Morgan fingerprint density at radius 3 is 2.44 bits per heavy atom. The van der Waals surface area contributed by atoms with E-state index in [4.69, 9.17) is 9.47 Å². The monoisotopic (exact) mass is 597 g/mol. The van der Waals surface area contributed by atoms with E-state index in [0.717, 1.165) is 12.8 Å². The van der Waals surface area contributed by atoms with E-state index in [1.165, 1.54) is 10.7 Å². The van der Waals surface area contributed by atoms with Gasteiger partial charge in [0.2, 0.25) is 11.8 Å². The van der Waals surface area contributed by atoms with Crippen molar-refractivity contribution in [2.45, 2.75) is 83.0 Å². The van der Waals surface area contributed by atoms with Crippen LogP contribution in [0.2, 0.25) is 0 Å². The molecule has 2 fully saturated rings. The minimum absolute atomic E-state index is 0.0683. The Bertz CT molecular complexity index is 1350. The van der Waals surface area contributed by atoms with Gasteiger partial charge in [-0.25, -0.2) is 9.48 Å². The highest BCUT2D eigenvalue weighted by molar-refractivity contribution is 5.95. The van der Waals surface area contributed by atoms with Crippen molar-refractivity contribution in [3.8, 4) is 11.6 Å². The lowest BCUT2D eigenvalue weighted by Gasteiger charge is -2.28. The van der Waals surface area contributed by atoms with Gasteiger partial charge in [-0.05, 0) is 65.0 Å². The highest BCUT2D eigenvalue weighted by Gasteiger charge is 2.40. The van der Waals surface area contributed by atoms with Crippen molar-refractivity contribution < 1.29 is 38.6 Å². The predicted molar refractivity (Wildman–Crippen MR) is 154 cm³/mol. The van der Waals surface area contributed by atoms with Crippen molar-refractivity contribution in [1.29, 1.82) is 0 Å². The highest BCUT2D eigenvalue weighted by Crippen LogP contribution is 2.29. The molecule has 1 aliphatic carbocycles. The molecule has 4 rings (SSSR count). The number of aromatic nitrogens is 2. The number of hydrogen-bond acceptors (Lipinski definition) is 8. The molecule has 2 aliphatic rings. The SMILES string of the molecule is CN(C(=O)[C@@H]1CCCN1C(=O)COc1cc(C(=O)N[C@@H](CCC(=O)OC(C)(C)C)C(=O)O)nn1-c1ccccc1)C1CC1. The van der Waals surface area contributed by atoms with Crippen LogP contribution in [0.5, 0.6) is 5.88 Å². The summed E-state index contributed by atoms with van der Waals surface area (Å²) in [5, 5.41) is 16.4. The maximum Gasteiger partial charge on any atom is 0.326 e. The van der Waals surface area contributed by atoms with Crippen LogP contribution >= 0.6 is 0 Å². The highest BCUT2D eigenvalue weighted by atomic mass is 16.6. The van der Waals surface area contributed by atoms with Crippen molar-refractivity contribution >= 4 is 29.7 Å². The van der Waals surface area contributed by atoms with Crippen LogP contribution in [0, 0.1) is 0 Å². The molecule has 2 N–H and O–H groups in total. The van der Waals surface area contributed by atoms with Gasteiger partial charge in [-0.3, -0.25) is 19.2 Å². The number of likely N-dealkylation sites (N-methyl/N-ethyl adjacent to an activating group) is 1. The number of nitrogens with zero attached hydrogens (tertiary/aromatic N) is 4. The summed E-state index contributed by atoms with van der Waals surface area (Å²) in [4.78, 5) is 66.4. The molecule has 0 unspecified atom stereocenters. The molecular formula is C30H39N5O8. The third-order valence-corrected chi connectivity index (χ3v) is 7.21. The predicted octanol–water partition coefficient (Wildman–Crippen LogP) is 2.17. The Hall–Kier alpha value is -4.42. The zero-order chi connectivity index (χ0) is 31.3. The summed E-state index contributed by atoms with van der Waals surface area (Å²) < 4.78 is 12.4. The van der Waals surface area contributed by atoms with Crippen LogP contribution in [0.1, 0.15) is 69.8 Å². The first kappa shape index (κ1) is 31.5. The zero-order valence-corrected chi connectivity index (χ0v) is 24.9. The number of para-hydroxylation sites is 1. The van der Waals surface area contributed by atoms with Gasteiger partial charge in [0.05, 0.1) is 5.69 Å². The fourth-order valence-electron chi connectivity index (χ4n) is 4.89. The Morgan fingerprint density at radius 2 is 1.81 bits per heavy atom. The summed E-state index contributed by atoms with van der Waals surface area (Å²) in [5.74, 6) is -3.04. The van der Waals surface area contributed by atoms with Crippen LogP contribution in [0.4, 0.5) is 0 Å². The van der Waals surface area contributed by atoms with Crippen LogP contribution in [0.25, 0.3) is 5.69 Å². The molecule has 13 heteroatoms. The largest absolute Gasteiger partial charge is 0.480 e. The molecule has 2 heterocycles. The summed E-state index contributed by atoms with van der Waals surface area (Å²) in [7, 11) is 1.77. The molecule has 1 saturated carbocycles. The van der Waals surface area contributed by atoms with Crippen LogP contribution in [0.15, 0.2) is 36.4 Å². The minimum atomic E-state index is -1.37. The molecule has 2 atom stereocenters. The van der Waals surface area contributed by atoms with Crippen LogP contribution < -0.4 is 10.1 Å². The number of benzene rings is 1. The molecule has 1 saturated heterocycles. The molecule has 0 radical (unpaired) electrons. The van der Waals surface area contributed by atoms with Gasteiger partial charge >= 0.3 is 11.9 Å². The van der Waals surface area contributed by atoms with Gasteiger partial charge in [-0.1, -0.05) is 18.2 Å². The number of carbonyl (C=O) groups excluding carboxylic acids is 4. The molecule has 1 aromatic carbocycles. The van der Waals surface area contributed by atoms with Gasteiger partial charge in [-0.15, -0.1) is 0 Å². The summed E-state index contributed by atoms with van der Waals surface area (Å²) in [6.07, 6.45) is 2.86. The molecule has 43 heavy (non-hydrogen) atoms. The van der Waals surface area contributed by atoms with Crippen LogP contribution in [-0.4, -0.2) is 98.3 Å². The van der Waals surface area contributed by atoms with E-state index < -0.39 is 35.5 Å². The Balaban J connectivity index is 1.45. The van der Waals surface area contributed by atoms with Crippen LogP contribution in [-0.2, 0) is 23.9 Å². The first-order chi connectivity index (χ1) is 20.3. The first-order valence-electron chi connectivity index (χ1n) is 14.4. The summed E-state index contributed by atoms with van der Waals surface area (Å²) >= 11 is 0. The number of aliphatic carboxylic acids is 1. The standard InChI is InChI=1S/C30H39N5O8/c1-30(2,3)43-26(37)15-14-21(29(40)41)31-27(38)22-17-25(35(32-22)20-9-6-5-7-10-20)42-18-24(36)34-16-8-11-23(34)28(39)33(4)19-12-13-19/h5-7,9-10,17,19,21,23H,8,11-16,18H2,1-4H3,(H,31,38)(H,40,41)/t21-,23-/m0/s1. The molecule has 3 amide bonds. The average Bonchev–Trinajstić information content (AvgIpc) is 3.52. The summed E-state index contributed by atoms with van der Waals surface area (Å²) in [6, 6.07) is 8.44. The molecule has 13 nitrogen and oxygen atoms in total. The maximum atomic E-state index is 13.2. The summed E-state index contributed by atoms with van der Waals surface area (Å²) in [5.41, 5.74) is -0.321. The normalized spacial score (nSPS) is 17.2. The molecule has 0 bridgehead atoms. The second kappa shape index (κ2) is 13.3. The Kier molecular flexibility index (Phi) is 9.72. The molecule has 1 aromatic heterocycles. The molecule has 232 valence electrons. The van der Waals surface area contributed by atoms with Gasteiger partial charge in [0.1, 0.15) is 17.7 Å². The lowest BCUT2D eigenvalue weighted by molar-refractivity contribution is -0.155. The number of carbonyl (C=O) groups is 5. The van der Waals surface area contributed by atoms with E-state index in [-0.39, 0.29) is 48.9 Å². The van der Waals surface area contributed by atoms with Crippen LogP contribution in [0.3, 0.4) is 0 Å². The third-order valence-electron chi connectivity index (χ3n) is 7.21. The quantitative estimate of drug-likeness (QED) is 0.350. The number of amides is 3. The molecule has 1 aliphatic heterocycles. The molecular weight excluding hydrogens is 558 g/mol. The molecule has 2 aromatic rings. The Morgan fingerprint density at radius 1 is 1.12 bits per heavy atom. The van der Waals surface area contributed by atoms with E-state index in [0.29, 0.717) is 25.1 Å². The van der Waals surface area contributed by atoms with E-state index in [9.17, 15) is 29.1 Å². The average molecular weight is 598 g/mol. The van der Waals surface area contributed by atoms with Crippen molar-refractivity contribution in [3.05, 3.63) is 42.1 Å². The molecule has 0 spiro atoms. The summed E-state index contributed by atoms with van der Waals surface area (Å²) in [6.45, 7) is 5.17. The topological polar surface area (TPSA) is 160 Å². The van der Waals surface area contributed by atoms with E-state index in [2.05, 4.69) is 10.4 Å². The van der Waals surface area contributed by atoms with Gasteiger partial charge in [-0.2, -0.15) is 5.10 Å². The maximum absolute atomic E-state index is 13.2.